The van der Waals surface area contributed by atoms with Crippen molar-refractivity contribution in [1.29, 1.82) is 0 Å². The van der Waals surface area contributed by atoms with Crippen LogP contribution in [0.2, 0.25) is 5.02 Å². The number of rotatable bonds is 4. The molecule has 0 N–H and O–H groups in total. The molecule has 0 unspecified atom stereocenters. The van der Waals surface area contributed by atoms with Crippen molar-refractivity contribution in [3.8, 4) is 5.75 Å². The van der Waals surface area contributed by atoms with Crippen LogP contribution in [0.5, 0.6) is 5.75 Å². The smallest absolute Gasteiger partial charge is 0.343 e. The topological polar surface area (TPSA) is 63.7 Å². The molecule has 3 rings (SSSR count). The van der Waals surface area contributed by atoms with E-state index in [1.54, 1.807) is 30.3 Å². The van der Waals surface area contributed by atoms with E-state index in [1.807, 2.05) is 0 Å². The minimum atomic E-state index is -3.59. The van der Waals surface area contributed by atoms with E-state index in [2.05, 4.69) is 0 Å². The lowest BCUT2D eigenvalue weighted by Gasteiger charge is -2.25. The Morgan fingerprint density at radius 2 is 1.68 bits per heavy atom. The van der Waals surface area contributed by atoms with Crippen molar-refractivity contribution >= 4 is 27.6 Å². The van der Waals surface area contributed by atoms with Gasteiger partial charge in [0.25, 0.3) is 0 Å². The molecule has 1 saturated heterocycles. The van der Waals surface area contributed by atoms with Crippen LogP contribution in [0.25, 0.3) is 0 Å². The lowest BCUT2D eigenvalue weighted by Crippen LogP contribution is -2.35. The molecule has 1 heterocycles. The second kappa shape index (κ2) is 7.56. The van der Waals surface area contributed by atoms with Crippen LogP contribution < -0.4 is 4.74 Å². The van der Waals surface area contributed by atoms with Crippen LogP contribution in [0.4, 0.5) is 0 Å². The van der Waals surface area contributed by atoms with Crippen LogP contribution in [-0.4, -0.2) is 31.8 Å². The number of nitrogens with zero attached hydrogens (tertiary/aromatic N) is 1. The standard InChI is InChI=1S/C18H18ClNO4S/c19-15-7-9-16(10-8-15)24-18(21)14-5-4-6-17(13-14)25(22,23)20-11-2-1-3-12-20/h4-10,13H,1-3,11-12H2. The summed E-state index contributed by atoms with van der Waals surface area (Å²) in [5.74, 6) is -0.267. The molecular weight excluding hydrogens is 362 g/mol. The number of carbonyl (C=O) groups excluding carboxylic acids is 1. The van der Waals surface area contributed by atoms with Gasteiger partial charge in [-0.05, 0) is 55.3 Å². The summed E-state index contributed by atoms with van der Waals surface area (Å²) in [6.07, 6.45) is 2.76. The normalized spacial score (nSPS) is 15.7. The molecule has 0 amide bonds. The van der Waals surface area contributed by atoms with Crippen LogP contribution >= 0.6 is 11.6 Å². The quantitative estimate of drug-likeness (QED) is 0.599. The highest BCUT2D eigenvalue weighted by molar-refractivity contribution is 7.89. The first kappa shape index (κ1) is 17.9. The zero-order valence-corrected chi connectivity index (χ0v) is 15.1. The minimum absolute atomic E-state index is 0.111. The van der Waals surface area contributed by atoms with E-state index in [4.69, 9.17) is 16.3 Å². The molecule has 0 bridgehead atoms. The predicted octanol–water partition coefficient (Wildman–Crippen LogP) is 3.73. The Hall–Kier alpha value is -1.89. The van der Waals surface area contributed by atoms with Crippen LogP contribution in [0.3, 0.4) is 0 Å². The Balaban J connectivity index is 1.80. The maximum atomic E-state index is 12.7. The Labute approximate surface area is 152 Å². The third kappa shape index (κ3) is 4.21. The second-order valence-corrected chi connectivity index (χ2v) is 8.21. The summed E-state index contributed by atoms with van der Waals surface area (Å²) in [5, 5.41) is 0.537. The largest absolute Gasteiger partial charge is 0.423 e. The molecule has 0 saturated carbocycles. The molecule has 7 heteroatoms. The average molecular weight is 380 g/mol. The molecule has 2 aromatic carbocycles. The molecule has 1 aliphatic rings. The molecule has 132 valence electrons. The number of hydrogen-bond acceptors (Lipinski definition) is 4. The molecule has 0 atom stereocenters. The summed E-state index contributed by atoms with van der Waals surface area (Å²) in [5.41, 5.74) is 0.188. The van der Waals surface area contributed by atoms with Gasteiger partial charge in [-0.1, -0.05) is 24.1 Å². The summed E-state index contributed by atoms with van der Waals surface area (Å²) >= 11 is 5.80. The maximum Gasteiger partial charge on any atom is 0.343 e. The zero-order chi connectivity index (χ0) is 17.9. The number of benzene rings is 2. The summed E-state index contributed by atoms with van der Waals surface area (Å²) in [6, 6.07) is 12.3. The molecule has 0 spiro atoms. The number of carbonyl (C=O) groups is 1. The van der Waals surface area contributed by atoms with Crippen molar-refractivity contribution in [2.75, 3.05) is 13.1 Å². The van der Waals surface area contributed by atoms with Crippen molar-refractivity contribution in [1.82, 2.24) is 4.31 Å². The van der Waals surface area contributed by atoms with Crippen molar-refractivity contribution in [3.63, 3.8) is 0 Å². The molecule has 0 aromatic heterocycles. The predicted molar refractivity (Wildman–Crippen MR) is 95.5 cm³/mol. The number of piperidine rings is 1. The Morgan fingerprint density at radius 3 is 2.36 bits per heavy atom. The fraction of sp³-hybridized carbons (Fsp3) is 0.278. The molecular formula is C18H18ClNO4S. The van der Waals surface area contributed by atoms with Gasteiger partial charge in [-0.15, -0.1) is 0 Å². The molecule has 5 nitrogen and oxygen atoms in total. The van der Waals surface area contributed by atoms with Gasteiger partial charge in [-0.2, -0.15) is 4.31 Å². The number of ether oxygens (including phenoxy) is 1. The van der Waals surface area contributed by atoms with Gasteiger partial charge in [-0.3, -0.25) is 0 Å². The van der Waals surface area contributed by atoms with Crippen molar-refractivity contribution < 1.29 is 17.9 Å². The molecule has 1 fully saturated rings. The number of esters is 1. The number of hydrogen-bond donors (Lipinski definition) is 0. The summed E-state index contributed by atoms with van der Waals surface area (Å²) in [7, 11) is -3.59. The van der Waals surface area contributed by atoms with Gasteiger partial charge in [0.2, 0.25) is 10.0 Å². The summed E-state index contributed by atoms with van der Waals surface area (Å²) in [6.45, 7) is 1.03. The number of halogens is 1. The molecule has 0 aliphatic carbocycles. The molecule has 25 heavy (non-hydrogen) atoms. The molecule has 0 radical (unpaired) electrons. The van der Waals surface area contributed by atoms with Crippen molar-refractivity contribution in [2.24, 2.45) is 0 Å². The lowest BCUT2D eigenvalue weighted by molar-refractivity contribution is 0.0734. The van der Waals surface area contributed by atoms with E-state index in [9.17, 15) is 13.2 Å². The lowest BCUT2D eigenvalue weighted by atomic mass is 10.2. The Kier molecular flexibility index (Phi) is 5.42. The van der Waals surface area contributed by atoms with E-state index in [1.165, 1.54) is 22.5 Å². The van der Waals surface area contributed by atoms with Gasteiger partial charge < -0.3 is 4.74 Å². The first-order chi connectivity index (χ1) is 12.0. The van der Waals surface area contributed by atoms with Gasteiger partial charge in [0.05, 0.1) is 10.5 Å². The van der Waals surface area contributed by atoms with Gasteiger partial charge in [0, 0.05) is 18.1 Å². The van der Waals surface area contributed by atoms with E-state index < -0.39 is 16.0 Å². The van der Waals surface area contributed by atoms with Crippen LogP contribution in [0, 0.1) is 0 Å². The molecule has 2 aromatic rings. The van der Waals surface area contributed by atoms with Crippen LogP contribution in [0.1, 0.15) is 29.6 Å². The van der Waals surface area contributed by atoms with Gasteiger partial charge in [-0.25, -0.2) is 13.2 Å². The van der Waals surface area contributed by atoms with E-state index in [-0.39, 0.29) is 10.5 Å². The first-order valence-electron chi connectivity index (χ1n) is 8.05. The van der Waals surface area contributed by atoms with Gasteiger partial charge >= 0.3 is 5.97 Å². The third-order valence-electron chi connectivity index (χ3n) is 4.05. The fourth-order valence-electron chi connectivity index (χ4n) is 2.71. The van der Waals surface area contributed by atoms with Gasteiger partial charge in [0.1, 0.15) is 5.75 Å². The first-order valence-corrected chi connectivity index (χ1v) is 9.86. The Morgan fingerprint density at radius 1 is 1.00 bits per heavy atom. The van der Waals surface area contributed by atoms with Crippen molar-refractivity contribution in [2.45, 2.75) is 24.2 Å². The third-order valence-corrected chi connectivity index (χ3v) is 6.19. The summed E-state index contributed by atoms with van der Waals surface area (Å²) < 4.78 is 32.2. The SMILES string of the molecule is O=C(Oc1ccc(Cl)cc1)c1cccc(S(=O)(=O)N2CCCCC2)c1. The fourth-order valence-corrected chi connectivity index (χ4v) is 4.40. The minimum Gasteiger partial charge on any atom is -0.423 e. The van der Waals surface area contributed by atoms with Crippen molar-refractivity contribution in [3.05, 3.63) is 59.1 Å². The Bertz CT molecular complexity index is 859. The number of sulfonamides is 1. The highest BCUT2D eigenvalue weighted by Gasteiger charge is 2.26. The van der Waals surface area contributed by atoms with E-state index in [0.29, 0.717) is 23.9 Å². The zero-order valence-electron chi connectivity index (χ0n) is 13.5. The average Bonchev–Trinajstić information content (AvgIpc) is 2.64. The maximum absolute atomic E-state index is 12.7. The van der Waals surface area contributed by atoms with Gasteiger partial charge in [0.15, 0.2) is 0 Å². The van der Waals surface area contributed by atoms with Crippen LogP contribution in [0.15, 0.2) is 53.4 Å². The second-order valence-electron chi connectivity index (χ2n) is 5.84. The van der Waals surface area contributed by atoms with Crippen LogP contribution in [-0.2, 0) is 10.0 Å². The highest BCUT2D eigenvalue weighted by Crippen LogP contribution is 2.22. The summed E-state index contributed by atoms with van der Waals surface area (Å²) in [4.78, 5) is 12.4. The highest BCUT2D eigenvalue weighted by atomic mass is 35.5. The van der Waals surface area contributed by atoms with E-state index in [0.717, 1.165) is 19.3 Å². The molecule has 1 aliphatic heterocycles. The monoisotopic (exact) mass is 379 g/mol. The van der Waals surface area contributed by atoms with E-state index >= 15 is 0 Å².